The van der Waals surface area contributed by atoms with Crippen molar-refractivity contribution in [2.24, 2.45) is 5.92 Å². The van der Waals surface area contributed by atoms with E-state index in [1.54, 1.807) is 0 Å². The molecule has 0 amide bonds. The van der Waals surface area contributed by atoms with Crippen LogP contribution in [0.3, 0.4) is 0 Å². The van der Waals surface area contributed by atoms with Crippen molar-refractivity contribution in [3.8, 4) is 0 Å². The number of aromatic amines is 1. The summed E-state index contributed by atoms with van der Waals surface area (Å²) < 4.78 is 19.0. The summed E-state index contributed by atoms with van der Waals surface area (Å²) in [4.78, 5) is 35.9. The van der Waals surface area contributed by atoms with Crippen LogP contribution in [-0.4, -0.2) is 29.8 Å². The Morgan fingerprint density at radius 2 is 2.58 bits per heavy atom. The van der Waals surface area contributed by atoms with Crippen molar-refractivity contribution in [1.29, 1.82) is 1.28 Å². The molecule has 1 aromatic heterocycles. The molecule has 0 bridgehead atoms. The van der Waals surface area contributed by atoms with Crippen LogP contribution in [0.5, 0.6) is 0 Å². The maximum atomic E-state index is 11.7. The number of hydrogen-bond donors (Lipinski definition) is 1. The van der Waals surface area contributed by atoms with Crippen LogP contribution in [0.25, 0.3) is 0 Å². The first-order valence-corrected chi connectivity index (χ1v) is 7.49. The second kappa shape index (κ2) is 6.47. The Morgan fingerprint density at radius 1 is 1.74 bits per heavy atom. The predicted octanol–water partition coefficient (Wildman–Crippen LogP) is 0.0941. The number of aldehydes is 1. The Bertz CT molecular complexity index is 579. The highest BCUT2D eigenvalue weighted by Crippen LogP contribution is 2.32. The number of aromatic nitrogens is 2. The summed E-state index contributed by atoms with van der Waals surface area (Å²) >= 11 is 0.992. The van der Waals surface area contributed by atoms with Gasteiger partial charge in [0.05, 0.1) is 14.0 Å². The molecule has 0 radical (unpaired) electrons. The van der Waals surface area contributed by atoms with E-state index < -0.39 is 23.6 Å². The van der Waals surface area contributed by atoms with Crippen LogP contribution in [0, 0.1) is 5.92 Å². The molecular formula is C10H13N2O5PS. The normalized spacial score (nSPS) is 27.8. The molecule has 1 saturated heterocycles. The molecule has 2 heterocycles. The molecule has 0 aromatic carbocycles. The number of H-pyrrole nitrogens is 1. The van der Waals surface area contributed by atoms with E-state index >= 15 is 0 Å². The molecule has 1 fully saturated rings. The van der Waals surface area contributed by atoms with Crippen LogP contribution in [0.4, 0.5) is 0 Å². The second-order valence-electron chi connectivity index (χ2n) is 4.05. The molecule has 0 saturated carbocycles. The Morgan fingerprint density at radius 3 is 3.26 bits per heavy atom. The zero-order valence-electron chi connectivity index (χ0n) is 10.8. The summed E-state index contributed by atoms with van der Waals surface area (Å²) in [5.41, 5.74) is -1.06. The molecule has 1 aromatic rings. The van der Waals surface area contributed by atoms with Crippen LogP contribution < -0.4 is 11.2 Å². The van der Waals surface area contributed by atoms with E-state index in [9.17, 15) is 14.4 Å². The largest absolute Gasteiger partial charge is 0.351 e. The third-order valence-electron chi connectivity index (χ3n) is 2.91. The van der Waals surface area contributed by atoms with Crippen molar-refractivity contribution in [3.63, 3.8) is 0 Å². The first-order valence-electron chi connectivity index (χ1n) is 6.03. The van der Waals surface area contributed by atoms with Crippen molar-refractivity contribution in [3.05, 3.63) is 33.1 Å². The van der Waals surface area contributed by atoms with E-state index in [1.807, 2.05) is 0 Å². The highest BCUT2D eigenvalue weighted by molar-refractivity contribution is 8.40. The van der Waals surface area contributed by atoms with Crippen LogP contribution in [-0.2, 0) is 13.7 Å². The van der Waals surface area contributed by atoms with E-state index in [1.165, 1.54) is 16.8 Å². The molecule has 104 valence electrons. The first-order chi connectivity index (χ1) is 9.65. The van der Waals surface area contributed by atoms with Gasteiger partial charge in [-0.3, -0.25) is 14.3 Å². The number of nitrogens with one attached hydrogen (secondary N) is 1. The molecule has 1 unspecified atom stereocenters. The Kier molecular flexibility index (Phi) is 4.45. The van der Waals surface area contributed by atoms with Gasteiger partial charge in [0.25, 0.3) is 5.56 Å². The smallest absolute Gasteiger partial charge is 0.330 e. The quantitative estimate of drug-likeness (QED) is 0.347. The highest BCUT2D eigenvalue weighted by Gasteiger charge is 2.36. The fraction of sp³-hybridized carbons (Fsp3) is 0.500. The van der Waals surface area contributed by atoms with Crippen molar-refractivity contribution < 1.29 is 13.7 Å². The Balaban J connectivity index is 2.09. The molecular weight excluding hydrogens is 291 g/mol. The van der Waals surface area contributed by atoms with Gasteiger partial charge < -0.3 is 13.7 Å². The van der Waals surface area contributed by atoms with Crippen LogP contribution in [0.15, 0.2) is 21.9 Å². The summed E-state index contributed by atoms with van der Waals surface area (Å²) in [7, 11) is -0.158. The van der Waals surface area contributed by atoms with E-state index in [2.05, 4.69) is 4.98 Å². The van der Waals surface area contributed by atoms with Crippen molar-refractivity contribution in [1.82, 2.24) is 9.55 Å². The van der Waals surface area contributed by atoms with Gasteiger partial charge >= 0.3 is 5.69 Å². The summed E-state index contributed by atoms with van der Waals surface area (Å²) in [5.74, 6) is -0.381. The summed E-state index contributed by atoms with van der Waals surface area (Å²) in [6, 6.07) is 1.22. The third kappa shape index (κ3) is 3.33. The van der Waals surface area contributed by atoms with Gasteiger partial charge in [0.15, 0.2) is 0 Å². The molecule has 1 N–H and O–H groups in total. The molecule has 2 rings (SSSR count). The van der Waals surface area contributed by atoms with Crippen LogP contribution >= 0.6 is 20.0 Å². The predicted molar refractivity (Wildman–Crippen MR) is 72.7 cm³/mol. The molecule has 9 heteroatoms. The zero-order valence-corrected chi connectivity index (χ0v) is 11.6. The lowest BCUT2D eigenvalue weighted by molar-refractivity contribution is -0.113. The third-order valence-corrected chi connectivity index (χ3v) is 3.52. The lowest BCUT2D eigenvalue weighted by Crippen LogP contribution is -2.31. The topological polar surface area (TPSA) is 90.4 Å². The van der Waals surface area contributed by atoms with Gasteiger partial charge in [-0.25, -0.2) is 4.79 Å². The molecule has 0 aliphatic carbocycles. The average molecular weight is 306 g/mol. The molecule has 1 aliphatic heterocycles. The summed E-state index contributed by atoms with van der Waals surface area (Å²) in [5, 5.41) is 0. The van der Waals surface area contributed by atoms with E-state index in [0.717, 1.165) is 17.9 Å². The lowest BCUT2D eigenvalue weighted by Gasteiger charge is -2.15. The van der Waals surface area contributed by atoms with Crippen molar-refractivity contribution >= 4 is 26.3 Å². The van der Waals surface area contributed by atoms with Gasteiger partial charge in [0.2, 0.25) is 0 Å². The van der Waals surface area contributed by atoms with Gasteiger partial charge in [0.1, 0.15) is 12.5 Å². The van der Waals surface area contributed by atoms with E-state index in [0.29, 0.717) is 6.42 Å². The molecule has 0 spiro atoms. The van der Waals surface area contributed by atoms with Crippen molar-refractivity contribution in [2.75, 3.05) is 6.61 Å². The fourth-order valence-electron chi connectivity index (χ4n) is 1.98. The number of carbonyl (C=O) groups excluding carboxylic acids is 1. The first kappa shape index (κ1) is 13.1. The molecule has 7 nitrogen and oxygen atoms in total. The maximum absolute atomic E-state index is 11.7. The van der Waals surface area contributed by atoms with E-state index in [4.69, 9.17) is 10.2 Å². The van der Waals surface area contributed by atoms with Gasteiger partial charge in [-0.05, 0) is 8.39 Å². The maximum Gasteiger partial charge on any atom is 0.330 e. The number of nitrogens with zero attached hydrogens (tertiary/aromatic N) is 1. The van der Waals surface area contributed by atoms with Gasteiger partial charge in [-0.2, -0.15) is 0 Å². The number of carbonyl (C=O) groups is 1. The minimum Gasteiger partial charge on any atom is -0.351 e. The average Bonchev–Trinajstić information content (AvgIpc) is 2.82. The standard InChI is InChI=1S/C10H13N2O5PS/c13-4-6-3-9(17-7(6)5-16-19-18)12-2-1-8(14)11-10(12)15/h1-2,4,6-7,9H,3,5,18H2,(H,11,14,15)/t6-,7-,9-/m1/s1/i18T/t6-,7-,9-,18?. The van der Waals surface area contributed by atoms with Gasteiger partial charge in [-0.15, -0.1) is 0 Å². The summed E-state index contributed by atoms with van der Waals surface area (Å²) in [6.07, 6.45) is 1.40. The highest BCUT2D eigenvalue weighted by atomic mass is 32.7. The van der Waals surface area contributed by atoms with Crippen LogP contribution in [0.1, 0.15) is 12.6 Å². The lowest BCUT2D eigenvalue weighted by atomic mass is 10.0. The summed E-state index contributed by atoms with van der Waals surface area (Å²) in [6.45, 7) is 0.175. The number of ether oxygens (including phenoxy) is 1. The molecule has 19 heavy (non-hydrogen) atoms. The molecule has 1 aliphatic rings. The molecule has 4 atom stereocenters. The Labute approximate surface area is 116 Å². The SMILES string of the molecule is [3H]PSOC[C@H]1O[C@@H](n2ccc(=O)[nH]c2=O)C[C@@H]1C=O. The van der Waals surface area contributed by atoms with Crippen LogP contribution in [0.2, 0.25) is 0 Å². The second-order valence-corrected chi connectivity index (χ2v) is 4.95. The van der Waals surface area contributed by atoms with Crippen molar-refractivity contribution in [2.45, 2.75) is 18.8 Å². The fourth-order valence-corrected chi connectivity index (χ4v) is 2.39. The number of rotatable bonds is 6. The minimum absolute atomic E-state index is 0.158. The van der Waals surface area contributed by atoms with E-state index in [-0.39, 0.29) is 20.9 Å². The number of hydrogen-bond acceptors (Lipinski definition) is 6. The minimum atomic E-state index is -0.605. The van der Waals surface area contributed by atoms with Gasteiger partial charge in [0, 0.05) is 36.3 Å². The Hall–Kier alpha value is -0.950. The van der Waals surface area contributed by atoms with Gasteiger partial charge in [-0.1, -0.05) is 0 Å². The monoisotopic (exact) mass is 306 g/mol. The zero-order chi connectivity index (χ0) is 14.5.